The molecule has 0 saturated heterocycles. The number of carbonyl (C=O) groups excluding carboxylic acids is 1. The minimum atomic E-state index is -0.188. The van der Waals surface area contributed by atoms with Crippen LogP contribution in [0.5, 0.6) is 0 Å². The van der Waals surface area contributed by atoms with Crippen molar-refractivity contribution < 1.29 is 4.79 Å². The molecule has 0 radical (unpaired) electrons. The Labute approximate surface area is 82.3 Å². The molecule has 14 heavy (non-hydrogen) atoms. The van der Waals surface area contributed by atoms with Gasteiger partial charge in [0.25, 0.3) is 0 Å². The van der Waals surface area contributed by atoms with Crippen LogP contribution >= 0.6 is 0 Å². The quantitative estimate of drug-likeness (QED) is 0.555. The lowest BCUT2D eigenvalue weighted by molar-refractivity contribution is 0.240. The van der Waals surface area contributed by atoms with Crippen molar-refractivity contribution in [3.05, 3.63) is 11.8 Å². The minimum Gasteiger partial charge on any atom is -0.384 e. The van der Waals surface area contributed by atoms with E-state index in [0.717, 1.165) is 12.0 Å². The van der Waals surface area contributed by atoms with Gasteiger partial charge in [-0.25, -0.2) is 4.79 Å². The number of urea groups is 1. The Morgan fingerprint density at radius 3 is 3.00 bits per heavy atom. The minimum absolute atomic E-state index is 0.188. The predicted molar refractivity (Wildman–Crippen MR) is 53.5 cm³/mol. The van der Waals surface area contributed by atoms with Gasteiger partial charge in [-0.1, -0.05) is 6.92 Å². The maximum atomic E-state index is 11.1. The van der Waals surface area contributed by atoms with E-state index in [2.05, 4.69) is 20.8 Å². The van der Waals surface area contributed by atoms with Crippen molar-refractivity contribution in [3.63, 3.8) is 0 Å². The van der Waals surface area contributed by atoms with Crippen LogP contribution in [0.15, 0.2) is 6.20 Å². The van der Waals surface area contributed by atoms with E-state index in [4.69, 9.17) is 5.73 Å². The molecular formula is C8H15N5O. The molecule has 1 rings (SSSR count). The summed E-state index contributed by atoms with van der Waals surface area (Å²) in [5, 5.41) is 11.7. The number of aromatic nitrogens is 2. The SMILES string of the molecule is CCCNC(=O)NCc1cn[nH]c1N. The van der Waals surface area contributed by atoms with Crippen LogP contribution in [0.2, 0.25) is 0 Å². The Kier molecular flexibility index (Phi) is 3.78. The van der Waals surface area contributed by atoms with Gasteiger partial charge < -0.3 is 16.4 Å². The van der Waals surface area contributed by atoms with Crippen LogP contribution < -0.4 is 16.4 Å². The summed E-state index contributed by atoms with van der Waals surface area (Å²) < 4.78 is 0. The van der Waals surface area contributed by atoms with Crippen molar-refractivity contribution in [1.29, 1.82) is 0 Å². The zero-order valence-corrected chi connectivity index (χ0v) is 8.13. The van der Waals surface area contributed by atoms with Crippen molar-refractivity contribution in [2.75, 3.05) is 12.3 Å². The molecule has 0 aliphatic heterocycles. The second kappa shape index (κ2) is 5.11. The van der Waals surface area contributed by atoms with E-state index >= 15 is 0 Å². The van der Waals surface area contributed by atoms with Crippen LogP contribution in [0.1, 0.15) is 18.9 Å². The van der Waals surface area contributed by atoms with Crippen molar-refractivity contribution in [2.45, 2.75) is 19.9 Å². The lowest BCUT2D eigenvalue weighted by atomic mass is 10.3. The fraction of sp³-hybridized carbons (Fsp3) is 0.500. The van der Waals surface area contributed by atoms with Gasteiger partial charge in [-0.3, -0.25) is 5.10 Å². The number of amides is 2. The summed E-state index contributed by atoms with van der Waals surface area (Å²) in [6.45, 7) is 3.05. The summed E-state index contributed by atoms with van der Waals surface area (Å²) in [6.07, 6.45) is 2.51. The number of rotatable bonds is 4. The highest BCUT2D eigenvalue weighted by Crippen LogP contribution is 2.04. The first-order valence-corrected chi connectivity index (χ1v) is 4.53. The normalized spacial score (nSPS) is 9.79. The molecule has 5 N–H and O–H groups in total. The summed E-state index contributed by atoms with van der Waals surface area (Å²) in [4.78, 5) is 11.1. The van der Waals surface area contributed by atoms with E-state index in [9.17, 15) is 4.79 Å². The van der Waals surface area contributed by atoms with Crippen LogP contribution in [0, 0.1) is 0 Å². The third-order valence-electron chi connectivity index (χ3n) is 1.73. The van der Waals surface area contributed by atoms with Gasteiger partial charge in [-0.15, -0.1) is 0 Å². The van der Waals surface area contributed by atoms with Crippen molar-refractivity contribution >= 4 is 11.8 Å². The first-order chi connectivity index (χ1) is 6.74. The molecule has 0 saturated carbocycles. The van der Waals surface area contributed by atoms with Gasteiger partial charge >= 0.3 is 6.03 Å². The van der Waals surface area contributed by atoms with E-state index in [1.807, 2.05) is 6.92 Å². The predicted octanol–water partition coefficient (Wildman–Crippen LogP) is 0.201. The Balaban J connectivity index is 2.27. The molecule has 0 spiro atoms. The van der Waals surface area contributed by atoms with Gasteiger partial charge in [0.1, 0.15) is 5.82 Å². The smallest absolute Gasteiger partial charge is 0.315 e. The third-order valence-corrected chi connectivity index (χ3v) is 1.73. The van der Waals surface area contributed by atoms with Crippen molar-refractivity contribution in [3.8, 4) is 0 Å². The Morgan fingerprint density at radius 1 is 1.64 bits per heavy atom. The first-order valence-electron chi connectivity index (χ1n) is 4.53. The van der Waals surface area contributed by atoms with Crippen LogP contribution in [0.25, 0.3) is 0 Å². The van der Waals surface area contributed by atoms with Gasteiger partial charge in [-0.2, -0.15) is 5.10 Å². The number of nitrogen functional groups attached to an aromatic ring is 1. The average Bonchev–Trinajstić information content (AvgIpc) is 2.58. The largest absolute Gasteiger partial charge is 0.384 e. The molecule has 0 bridgehead atoms. The monoisotopic (exact) mass is 197 g/mol. The second-order valence-corrected chi connectivity index (χ2v) is 2.92. The summed E-state index contributed by atoms with van der Waals surface area (Å²) >= 11 is 0. The molecule has 6 nitrogen and oxygen atoms in total. The average molecular weight is 197 g/mol. The molecule has 1 aromatic heterocycles. The van der Waals surface area contributed by atoms with Gasteiger partial charge in [0.05, 0.1) is 6.20 Å². The maximum Gasteiger partial charge on any atom is 0.315 e. The Hall–Kier alpha value is -1.72. The summed E-state index contributed by atoms with van der Waals surface area (Å²) in [5.74, 6) is 0.487. The lowest BCUT2D eigenvalue weighted by Crippen LogP contribution is -2.35. The highest BCUT2D eigenvalue weighted by atomic mass is 16.2. The molecule has 1 heterocycles. The third kappa shape index (κ3) is 2.96. The molecule has 2 amide bonds. The van der Waals surface area contributed by atoms with Gasteiger partial charge in [-0.05, 0) is 6.42 Å². The molecular weight excluding hydrogens is 182 g/mol. The molecule has 0 unspecified atom stereocenters. The number of nitrogens with two attached hydrogens (primary N) is 1. The van der Waals surface area contributed by atoms with Gasteiger partial charge in [0, 0.05) is 18.7 Å². The fourth-order valence-electron chi connectivity index (χ4n) is 0.938. The van der Waals surface area contributed by atoms with Crippen molar-refractivity contribution in [1.82, 2.24) is 20.8 Å². The number of H-pyrrole nitrogens is 1. The number of carbonyl (C=O) groups is 1. The van der Waals surface area contributed by atoms with Crippen LogP contribution in [0.3, 0.4) is 0 Å². The summed E-state index contributed by atoms with van der Waals surface area (Å²) in [7, 11) is 0. The number of aromatic amines is 1. The highest BCUT2D eigenvalue weighted by molar-refractivity contribution is 5.73. The number of nitrogens with zero attached hydrogens (tertiary/aromatic N) is 1. The topological polar surface area (TPSA) is 95.8 Å². The van der Waals surface area contributed by atoms with Crippen molar-refractivity contribution in [2.24, 2.45) is 0 Å². The molecule has 78 valence electrons. The summed E-state index contributed by atoms with van der Waals surface area (Å²) in [6, 6.07) is -0.188. The standard InChI is InChI=1S/C8H15N5O/c1-2-3-10-8(14)11-4-6-5-12-13-7(6)9/h5H,2-4H2,1H3,(H3,9,12,13)(H2,10,11,14). The molecule has 0 atom stereocenters. The summed E-state index contributed by atoms with van der Waals surface area (Å²) in [5.41, 5.74) is 6.33. The van der Waals surface area contributed by atoms with E-state index < -0.39 is 0 Å². The van der Waals surface area contributed by atoms with Crippen LogP contribution in [-0.2, 0) is 6.54 Å². The molecule has 0 fully saturated rings. The van der Waals surface area contributed by atoms with E-state index in [1.165, 1.54) is 0 Å². The molecule has 0 aliphatic carbocycles. The molecule has 0 aliphatic rings. The van der Waals surface area contributed by atoms with E-state index in [1.54, 1.807) is 6.20 Å². The van der Waals surface area contributed by atoms with Crippen LogP contribution in [-0.4, -0.2) is 22.8 Å². The van der Waals surface area contributed by atoms with E-state index in [0.29, 0.717) is 18.9 Å². The van der Waals surface area contributed by atoms with Gasteiger partial charge in [0.2, 0.25) is 0 Å². The van der Waals surface area contributed by atoms with E-state index in [-0.39, 0.29) is 6.03 Å². The second-order valence-electron chi connectivity index (χ2n) is 2.92. The number of anilines is 1. The number of hydrogen-bond acceptors (Lipinski definition) is 3. The van der Waals surface area contributed by atoms with Crippen LogP contribution in [0.4, 0.5) is 10.6 Å². The number of nitrogens with one attached hydrogen (secondary N) is 3. The lowest BCUT2D eigenvalue weighted by Gasteiger charge is -2.05. The molecule has 6 heteroatoms. The number of hydrogen-bond donors (Lipinski definition) is 4. The fourth-order valence-corrected chi connectivity index (χ4v) is 0.938. The molecule has 1 aromatic rings. The zero-order chi connectivity index (χ0) is 10.4. The Morgan fingerprint density at radius 2 is 2.43 bits per heavy atom. The van der Waals surface area contributed by atoms with Gasteiger partial charge in [0.15, 0.2) is 0 Å². The first kappa shape index (κ1) is 10.4. The highest BCUT2D eigenvalue weighted by Gasteiger charge is 2.02. The molecule has 0 aromatic carbocycles. The maximum absolute atomic E-state index is 11.1. The Bertz CT molecular complexity index is 296. The zero-order valence-electron chi connectivity index (χ0n) is 8.13.